The lowest BCUT2D eigenvalue weighted by Gasteiger charge is -2.27. The van der Waals surface area contributed by atoms with E-state index in [4.69, 9.17) is 10.2 Å². The van der Waals surface area contributed by atoms with Crippen LogP contribution in [-0.2, 0) is 0 Å². The van der Waals surface area contributed by atoms with Gasteiger partial charge in [-0.1, -0.05) is 13.8 Å². The molecule has 14 heavy (non-hydrogen) atoms. The van der Waals surface area contributed by atoms with Crippen molar-refractivity contribution in [3.05, 3.63) is 0 Å². The van der Waals surface area contributed by atoms with E-state index in [0.717, 1.165) is 12.3 Å². The van der Waals surface area contributed by atoms with Crippen molar-refractivity contribution >= 4 is 12.6 Å². The fraction of sp³-hybridized carbons (Fsp3) is 1.00. The first-order valence-electron chi connectivity index (χ1n) is 5.20. The molecule has 2 N–H and O–H groups in total. The van der Waals surface area contributed by atoms with Gasteiger partial charge in [-0.05, 0) is 17.6 Å². The van der Waals surface area contributed by atoms with Gasteiger partial charge in [-0.25, -0.2) is 0 Å². The Morgan fingerprint density at radius 3 is 1.93 bits per heavy atom. The average molecular weight is 221 g/mol. The van der Waals surface area contributed by atoms with Gasteiger partial charge in [-0.15, -0.1) is 0 Å². The molecule has 0 bridgehead atoms. The smallest absolute Gasteiger partial charge is 0.0558 e. The molecule has 0 saturated heterocycles. The summed E-state index contributed by atoms with van der Waals surface area (Å²) in [7, 11) is 0. The maximum Gasteiger partial charge on any atom is 0.0558 e. The van der Waals surface area contributed by atoms with Crippen LogP contribution in [0.3, 0.4) is 0 Å². The molecular formula is C10H23NO2S. The zero-order valence-corrected chi connectivity index (χ0v) is 10.1. The van der Waals surface area contributed by atoms with Crippen molar-refractivity contribution in [1.82, 2.24) is 4.90 Å². The van der Waals surface area contributed by atoms with Crippen molar-refractivity contribution in [3.63, 3.8) is 0 Å². The lowest BCUT2D eigenvalue weighted by Crippen LogP contribution is -2.36. The van der Waals surface area contributed by atoms with Crippen LogP contribution in [0.5, 0.6) is 0 Å². The quantitative estimate of drug-likeness (QED) is 0.522. The van der Waals surface area contributed by atoms with Crippen LogP contribution < -0.4 is 0 Å². The molecular weight excluding hydrogens is 198 g/mol. The van der Waals surface area contributed by atoms with Crippen LogP contribution >= 0.6 is 12.6 Å². The second kappa shape index (κ2) is 8.53. The molecule has 1 unspecified atom stereocenters. The molecule has 0 aliphatic carbocycles. The largest absolute Gasteiger partial charge is 0.395 e. The molecule has 0 aliphatic rings. The van der Waals surface area contributed by atoms with E-state index in [0.29, 0.717) is 24.9 Å². The summed E-state index contributed by atoms with van der Waals surface area (Å²) in [5.41, 5.74) is 0. The topological polar surface area (TPSA) is 43.7 Å². The van der Waals surface area contributed by atoms with Gasteiger partial charge < -0.3 is 10.2 Å². The fourth-order valence-corrected chi connectivity index (χ4v) is 1.93. The van der Waals surface area contributed by atoms with Gasteiger partial charge in [0.2, 0.25) is 0 Å². The maximum absolute atomic E-state index is 8.85. The molecule has 0 aromatic carbocycles. The third-order valence-electron chi connectivity index (χ3n) is 2.50. The van der Waals surface area contributed by atoms with Crippen LogP contribution in [0.1, 0.15) is 13.8 Å². The number of aliphatic hydroxyl groups excluding tert-OH is 2. The van der Waals surface area contributed by atoms with Crippen molar-refractivity contribution in [2.24, 2.45) is 11.8 Å². The van der Waals surface area contributed by atoms with Gasteiger partial charge in [0.05, 0.1) is 13.2 Å². The summed E-state index contributed by atoms with van der Waals surface area (Å²) in [5, 5.41) is 17.7. The van der Waals surface area contributed by atoms with Gasteiger partial charge in [0.25, 0.3) is 0 Å². The summed E-state index contributed by atoms with van der Waals surface area (Å²) in [5.74, 6) is 1.97. The van der Waals surface area contributed by atoms with Crippen molar-refractivity contribution in [2.75, 3.05) is 38.6 Å². The molecule has 0 heterocycles. The Morgan fingerprint density at radius 1 is 1.14 bits per heavy atom. The summed E-state index contributed by atoms with van der Waals surface area (Å²) < 4.78 is 0. The minimum absolute atomic E-state index is 0.150. The van der Waals surface area contributed by atoms with Crippen LogP contribution in [0.25, 0.3) is 0 Å². The molecule has 0 aromatic heterocycles. The Balaban J connectivity index is 3.96. The fourth-order valence-electron chi connectivity index (χ4n) is 1.39. The molecule has 0 saturated carbocycles. The summed E-state index contributed by atoms with van der Waals surface area (Å²) in [4.78, 5) is 2.08. The predicted molar refractivity (Wildman–Crippen MR) is 62.8 cm³/mol. The highest BCUT2D eigenvalue weighted by molar-refractivity contribution is 7.80. The second-order valence-corrected chi connectivity index (χ2v) is 4.30. The van der Waals surface area contributed by atoms with Crippen LogP contribution in [0.2, 0.25) is 0 Å². The highest BCUT2D eigenvalue weighted by Gasteiger charge is 2.15. The molecule has 86 valence electrons. The van der Waals surface area contributed by atoms with E-state index in [1.165, 1.54) is 0 Å². The van der Waals surface area contributed by atoms with Crippen LogP contribution in [0.4, 0.5) is 0 Å². The summed E-state index contributed by atoms with van der Waals surface area (Å²) in [6.45, 7) is 6.83. The first kappa shape index (κ1) is 14.2. The van der Waals surface area contributed by atoms with E-state index in [1.54, 1.807) is 0 Å². The number of rotatable bonds is 8. The molecule has 0 spiro atoms. The van der Waals surface area contributed by atoms with Gasteiger partial charge in [0.1, 0.15) is 0 Å². The normalized spacial score (nSPS) is 13.9. The van der Waals surface area contributed by atoms with Crippen molar-refractivity contribution < 1.29 is 10.2 Å². The highest BCUT2D eigenvalue weighted by Crippen LogP contribution is 2.13. The molecule has 3 nitrogen and oxygen atoms in total. The lowest BCUT2D eigenvalue weighted by atomic mass is 9.97. The first-order valence-corrected chi connectivity index (χ1v) is 5.83. The van der Waals surface area contributed by atoms with Gasteiger partial charge in [-0.2, -0.15) is 12.6 Å². The standard InChI is InChI=1S/C10H23NO2S/c1-9(2)10(8-14)7-11(3-5-12)4-6-13/h9-10,12-14H,3-8H2,1-2H3. The Hall–Kier alpha value is 0.230. The molecule has 0 amide bonds. The maximum atomic E-state index is 8.85. The van der Waals surface area contributed by atoms with Crippen LogP contribution in [0.15, 0.2) is 0 Å². The van der Waals surface area contributed by atoms with Crippen molar-refractivity contribution in [3.8, 4) is 0 Å². The second-order valence-electron chi connectivity index (χ2n) is 3.93. The van der Waals surface area contributed by atoms with Crippen molar-refractivity contribution in [1.29, 1.82) is 0 Å². The Labute approximate surface area is 92.5 Å². The SMILES string of the molecule is CC(C)C(CS)CN(CCO)CCO. The van der Waals surface area contributed by atoms with Gasteiger partial charge >= 0.3 is 0 Å². The van der Waals surface area contributed by atoms with Crippen molar-refractivity contribution in [2.45, 2.75) is 13.8 Å². The minimum Gasteiger partial charge on any atom is -0.395 e. The molecule has 0 fully saturated rings. The van der Waals surface area contributed by atoms with Crippen LogP contribution in [-0.4, -0.2) is 53.7 Å². The van der Waals surface area contributed by atoms with Gasteiger partial charge in [0.15, 0.2) is 0 Å². The molecule has 1 atom stereocenters. The number of aliphatic hydroxyl groups is 2. The molecule has 0 rings (SSSR count). The van der Waals surface area contributed by atoms with E-state index in [2.05, 4.69) is 31.4 Å². The first-order chi connectivity index (χ1) is 6.65. The molecule has 0 aromatic rings. The minimum atomic E-state index is 0.150. The van der Waals surface area contributed by atoms with E-state index in [-0.39, 0.29) is 13.2 Å². The zero-order chi connectivity index (χ0) is 11.0. The summed E-state index contributed by atoms with van der Waals surface area (Å²) in [6, 6.07) is 0. The number of nitrogens with zero attached hydrogens (tertiary/aromatic N) is 1. The Kier molecular flexibility index (Phi) is 8.67. The van der Waals surface area contributed by atoms with E-state index >= 15 is 0 Å². The van der Waals surface area contributed by atoms with Gasteiger partial charge in [0, 0.05) is 19.6 Å². The third kappa shape index (κ3) is 5.86. The summed E-state index contributed by atoms with van der Waals surface area (Å²) >= 11 is 4.31. The number of thiol groups is 1. The van der Waals surface area contributed by atoms with E-state index < -0.39 is 0 Å². The van der Waals surface area contributed by atoms with Crippen LogP contribution in [0, 0.1) is 11.8 Å². The third-order valence-corrected chi connectivity index (χ3v) is 2.97. The molecule has 0 radical (unpaired) electrons. The summed E-state index contributed by atoms with van der Waals surface area (Å²) in [6.07, 6.45) is 0. The Morgan fingerprint density at radius 2 is 1.64 bits per heavy atom. The zero-order valence-electron chi connectivity index (χ0n) is 9.19. The number of hydrogen-bond donors (Lipinski definition) is 3. The predicted octanol–water partition coefficient (Wildman–Crippen LogP) is 0.475. The van der Waals surface area contributed by atoms with Gasteiger partial charge in [-0.3, -0.25) is 4.90 Å². The lowest BCUT2D eigenvalue weighted by molar-refractivity contribution is 0.138. The molecule has 0 aliphatic heterocycles. The van der Waals surface area contributed by atoms with E-state index in [1.807, 2.05) is 0 Å². The Bertz CT molecular complexity index is 127. The molecule has 4 heteroatoms. The highest BCUT2D eigenvalue weighted by atomic mass is 32.1. The van der Waals surface area contributed by atoms with E-state index in [9.17, 15) is 0 Å². The monoisotopic (exact) mass is 221 g/mol. The number of hydrogen-bond acceptors (Lipinski definition) is 4. The average Bonchev–Trinajstić information content (AvgIpc) is 2.14.